The van der Waals surface area contributed by atoms with E-state index >= 15 is 0 Å². The van der Waals surface area contributed by atoms with Crippen molar-refractivity contribution in [2.24, 2.45) is 5.10 Å². The molecule has 0 atom stereocenters. The molecule has 0 bridgehead atoms. The first kappa shape index (κ1) is 17.9. The van der Waals surface area contributed by atoms with Gasteiger partial charge in [-0.05, 0) is 60.5 Å². The minimum absolute atomic E-state index is 0.757. The van der Waals surface area contributed by atoms with Gasteiger partial charge in [0.1, 0.15) is 17.1 Å². The fourth-order valence-electron chi connectivity index (χ4n) is 3.06. The zero-order valence-corrected chi connectivity index (χ0v) is 16.0. The summed E-state index contributed by atoms with van der Waals surface area (Å²) in [6, 6.07) is 26.0. The molecule has 0 saturated heterocycles. The fraction of sp³-hybridized carbons (Fsp3) is 0.125. The lowest BCUT2D eigenvalue weighted by Gasteiger charge is -2.08. The number of para-hydroxylation sites is 1. The molecular weight excluding hydrogens is 348 g/mol. The summed E-state index contributed by atoms with van der Waals surface area (Å²) in [7, 11) is 1.66. The number of benzene rings is 3. The SMILES string of the molecule is CCc1ccc2oc(-c3ccc(OC)cc3)c/c(=N\Nc3ccccc3)c2c1. The summed E-state index contributed by atoms with van der Waals surface area (Å²) in [4.78, 5) is 0. The van der Waals surface area contributed by atoms with Gasteiger partial charge < -0.3 is 9.15 Å². The molecule has 4 nitrogen and oxygen atoms in total. The average Bonchev–Trinajstić information content (AvgIpc) is 2.77. The molecule has 1 aromatic heterocycles. The van der Waals surface area contributed by atoms with Gasteiger partial charge in [0.15, 0.2) is 0 Å². The van der Waals surface area contributed by atoms with Crippen LogP contribution in [0.5, 0.6) is 5.75 Å². The number of rotatable bonds is 5. The monoisotopic (exact) mass is 370 g/mol. The van der Waals surface area contributed by atoms with E-state index in [1.165, 1.54) is 5.56 Å². The number of fused-ring (bicyclic) bond motifs is 1. The van der Waals surface area contributed by atoms with Crippen LogP contribution in [0.3, 0.4) is 0 Å². The van der Waals surface area contributed by atoms with E-state index in [4.69, 9.17) is 9.15 Å². The predicted octanol–water partition coefficient (Wildman–Crippen LogP) is 5.60. The first-order valence-electron chi connectivity index (χ1n) is 9.33. The summed E-state index contributed by atoms with van der Waals surface area (Å²) >= 11 is 0. The number of hydrogen-bond donors (Lipinski definition) is 1. The molecule has 0 unspecified atom stereocenters. The maximum Gasteiger partial charge on any atom is 0.136 e. The first-order valence-corrected chi connectivity index (χ1v) is 9.33. The number of aryl methyl sites for hydroxylation is 1. The fourth-order valence-corrected chi connectivity index (χ4v) is 3.06. The third kappa shape index (κ3) is 3.76. The van der Waals surface area contributed by atoms with E-state index in [-0.39, 0.29) is 0 Å². The standard InChI is InChI=1S/C24H22N2O2/c1-3-17-9-14-23-21(15-17)22(26-25-19-7-5-4-6-8-19)16-24(28-23)18-10-12-20(27-2)13-11-18/h4-16,25H,3H2,1-2H3/b26-22+. The second kappa shape index (κ2) is 8.01. The van der Waals surface area contributed by atoms with Crippen molar-refractivity contribution in [3.63, 3.8) is 0 Å². The molecule has 1 heterocycles. The lowest BCUT2D eigenvalue weighted by molar-refractivity contribution is 0.415. The van der Waals surface area contributed by atoms with Gasteiger partial charge in [-0.15, -0.1) is 0 Å². The van der Waals surface area contributed by atoms with Crippen LogP contribution in [0.15, 0.2) is 88.4 Å². The van der Waals surface area contributed by atoms with Crippen molar-refractivity contribution < 1.29 is 9.15 Å². The highest BCUT2D eigenvalue weighted by Gasteiger charge is 2.07. The van der Waals surface area contributed by atoms with Crippen LogP contribution in [0.4, 0.5) is 5.69 Å². The van der Waals surface area contributed by atoms with Crippen LogP contribution in [-0.4, -0.2) is 7.11 Å². The molecule has 4 aromatic rings. The molecule has 0 radical (unpaired) electrons. The summed E-state index contributed by atoms with van der Waals surface area (Å²) in [6.45, 7) is 2.14. The lowest BCUT2D eigenvalue weighted by Crippen LogP contribution is -2.08. The van der Waals surface area contributed by atoms with E-state index in [2.05, 4.69) is 29.6 Å². The summed E-state index contributed by atoms with van der Waals surface area (Å²) in [5.41, 5.74) is 7.11. The topological polar surface area (TPSA) is 46.8 Å². The van der Waals surface area contributed by atoms with Crippen LogP contribution in [0.25, 0.3) is 22.3 Å². The molecule has 28 heavy (non-hydrogen) atoms. The largest absolute Gasteiger partial charge is 0.497 e. The number of hydrogen-bond acceptors (Lipinski definition) is 4. The Labute approximate surface area is 164 Å². The van der Waals surface area contributed by atoms with Crippen LogP contribution < -0.4 is 15.5 Å². The van der Waals surface area contributed by atoms with E-state index in [0.717, 1.165) is 45.5 Å². The minimum Gasteiger partial charge on any atom is -0.497 e. The summed E-state index contributed by atoms with van der Waals surface area (Å²) in [5, 5.41) is 6.49. The molecule has 0 amide bonds. The van der Waals surface area contributed by atoms with Crippen molar-refractivity contribution >= 4 is 16.7 Å². The molecule has 0 saturated carbocycles. The van der Waals surface area contributed by atoms with Crippen molar-refractivity contribution in [3.05, 3.63) is 89.8 Å². The summed E-state index contributed by atoms with van der Waals surface area (Å²) in [6.07, 6.45) is 0.960. The molecule has 140 valence electrons. The third-order valence-electron chi connectivity index (χ3n) is 4.67. The highest BCUT2D eigenvalue weighted by Crippen LogP contribution is 2.25. The first-order chi connectivity index (χ1) is 13.8. The zero-order chi connectivity index (χ0) is 19.3. The van der Waals surface area contributed by atoms with Gasteiger partial charge >= 0.3 is 0 Å². The van der Waals surface area contributed by atoms with Crippen molar-refractivity contribution in [2.75, 3.05) is 12.5 Å². The van der Waals surface area contributed by atoms with Crippen LogP contribution in [0.2, 0.25) is 0 Å². The van der Waals surface area contributed by atoms with E-state index in [0.29, 0.717) is 0 Å². The Morgan fingerprint density at radius 2 is 1.71 bits per heavy atom. The maximum atomic E-state index is 6.18. The zero-order valence-electron chi connectivity index (χ0n) is 16.0. The van der Waals surface area contributed by atoms with E-state index in [1.54, 1.807) is 7.11 Å². The number of nitrogens with one attached hydrogen (secondary N) is 1. The van der Waals surface area contributed by atoms with Gasteiger partial charge in [0.05, 0.1) is 18.2 Å². The molecule has 0 fully saturated rings. The van der Waals surface area contributed by atoms with Crippen LogP contribution in [0.1, 0.15) is 12.5 Å². The normalized spacial score (nSPS) is 11.6. The lowest BCUT2D eigenvalue weighted by atomic mass is 10.1. The van der Waals surface area contributed by atoms with E-state index in [9.17, 15) is 0 Å². The number of anilines is 1. The van der Waals surface area contributed by atoms with Gasteiger partial charge in [-0.1, -0.05) is 31.2 Å². The van der Waals surface area contributed by atoms with Gasteiger partial charge in [0.2, 0.25) is 0 Å². The maximum absolute atomic E-state index is 6.18. The minimum atomic E-state index is 0.757. The molecular formula is C24H22N2O2. The van der Waals surface area contributed by atoms with Crippen LogP contribution >= 0.6 is 0 Å². The third-order valence-corrected chi connectivity index (χ3v) is 4.67. The second-order valence-electron chi connectivity index (χ2n) is 6.50. The van der Waals surface area contributed by atoms with Gasteiger partial charge in [0, 0.05) is 17.0 Å². The molecule has 4 heteroatoms. The Morgan fingerprint density at radius 1 is 0.929 bits per heavy atom. The van der Waals surface area contributed by atoms with E-state index in [1.807, 2.05) is 66.7 Å². The Bertz CT molecular complexity index is 1150. The molecule has 0 spiro atoms. The molecule has 0 aliphatic rings. The number of ether oxygens (including phenoxy) is 1. The molecule has 0 aliphatic carbocycles. The Kier molecular flexibility index (Phi) is 5.11. The molecule has 0 aliphatic heterocycles. The number of nitrogens with zero attached hydrogens (tertiary/aromatic N) is 1. The van der Waals surface area contributed by atoms with Gasteiger partial charge in [0.25, 0.3) is 0 Å². The predicted molar refractivity (Wildman–Crippen MR) is 113 cm³/mol. The van der Waals surface area contributed by atoms with Gasteiger partial charge in [-0.3, -0.25) is 5.43 Å². The van der Waals surface area contributed by atoms with Gasteiger partial charge in [-0.25, -0.2) is 0 Å². The van der Waals surface area contributed by atoms with Crippen molar-refractivity contribution in [2.45, 2.75) is 13.3 Å². The Morgan fingerprint density at radius 3 is 2.43 bits per heavy atom. The average molecular weight is 370 g/mol. The van der Waals surface area contributed by atoms with Crippen LogP contribution in [0, 0.1) is 0 Å². The summed E-state index contributed by atoms with van der Waals surface area (Å²) in [5.74, 6) is 1.57. The van der Waals surface area contributed by atoms with Crippen molar-refractivity contribution in [3.8, 4) is 17.1 Å². The van der Waals surface area contributed by atoms with Gasteiger partial charge in [-0.2, -0.15) is 5.10 Å². The van der Waals surface area contributed by atoms with Crippen molar-refractivity contribution in [1.29, 1.82) is 0 Å². The van der Waals surface area contributed by atoms with Crippen molar-refractivity contribution in [1.82, 2.24) is 0 Å². The van der Waals surface area contributed by atoms with Crippen LogP contribution in [-0.2, 0) is 6.42 Å². The second-order valence-corrected chi connectivity index (χ2v) is 6.50. The number of methoxy groups -OCH3 is 1. The quantitative estimate of drug-likeness (QED) is 0.465. The van der Waals surface area contributed by atoms with E-state index < -0.39 is 0 Å². The Hall–Kier alpha value is -3.53. The smallest absolute Gasteiger partial charge is 0.136 e. The summed E-state index contributed by atoms with van der Waals surface area (Å²) < 4.78 is 11.4. The highest BCUT2D eigenvalue weighted by molar-refractivity contribution is 5.79. The molecule has 3 aromatic carbocycles. The Balaban J connectivity index is 1.85. The molecule has 1 N–H and O–H groups in total. The molecule has 4 rings (SSSR count). The highest BCUT2D eigenvalue weighted by atomic mass is 16.5.